The molecule has 19 heavy (non-hydrogen) atoms. The summed E-state index contributed by atoms with van der Waals surface area (Å²) in [6.45, 7) is 11.2. The first-order chi connectivity index (χ1) is 8.84. The van der Waals surface area contributed by atoms with Gasteiger partial charge in [-0.25, -0.2) is 4.68 Å². The van der Waals surface area contributed by atoms with E-state index in [9.17, 15) is 0 Å². The van der Waals surface area contributed by atoms with Crippen LogP contribution in [0.5, 0.6) is 0 Å². The van der Waals surface area contributed by atoms with Crippen molar-refractivity contribution < 1.29 is 0 Å². The molecule has 4 heteroatoms. The van der Waals surface area contributed by atoms with Crippen molar-refractivity contribution >= 4 is 5.69 Å². The molecule has 0 saturated heterocycles. The van der Waals surface area contributed by atoms with E-state index in [0.717, 1.165) is 11.4 Å². The molecule has 1 heterocycles. The van der Waals surface area contributed by atoms with Crippen LogP contribution in [0.4, 0.5) is 5.69 Å². The lowest BCUT2D eigenvalue weighted by molar-refractivity contribution is 0.347. The third kappa shape index (κ3) is 3.56. The monoisotopic (exact) mass is 258 g/mol. The van der Waals surface area contributed by atoms with E-state index in [-0.39, 0.29) is 5.54 Å². The maximum atomic E-state index is 4.19. The summed E-state index contributed by atoms with van der Waals surface area (Å²) in [5, 5.41) is 11.7. The fraction of sp³-hybridized carbons (Fsp3) is 0.467. The molecule has 1 aromatic heterocycles. The minimum absolute atomic E-state index is 0.0226. The van der Waals surface area contributed by atoms with Gasteiger partial charge in [0.2, 0.25) is 0 Å². The minimum atomic E-state index is -0.0226. The first kappa shape index (κ1) is 13.6. The Hall–Kier alpha value is -1.84. The zero-order chi connectivity index (χ0) is 14.0. The van der Waals surface area contributed by atoms with E-state index in [0.29, 0.717) is 6.54 Å². The SMILES string of the molecule is Cc1cc(C)cc(NCc2cn(C(C)(C)C)nn2)c1. The van der Waals surface area contributed by atoms with Crippen LogP contribution in [-0.2, 0) is 12.1 Å². The van der Waals surface area contributed by atoms with E-state index in [1.807, 2.05) is 10.9 Å². The second-order valence-corrected chi connectivity index (χ2v) is 6.06. The van der Waals surface area contributed by atoms with Gasteiger partial charge in [0, 0.05) is 5.69 Å². The van der Waals surface area contributed by atoms with Crippen LogP contribution < -0.4 is 5.32 Å². The first-order valence-electron chi connectivity index (χ1n) is 6.58. The molecule has 102 valence electrons. The molecule has 0 unspecified atom stereocenters. The highest BCUT2D eigenvalue weighted by Gasteiger charge is 2.14. The Kier molecular flexibility index (Phi) is 3.60. The number of aryl methyl sites for hydroxylation is 2. The predicted octanol–water partition coefficient (Wildman–Crippen LogP) is 3.26. The van der Waals surface area contributed by atoms with E-state index >= 15 is 0 Å². The number of rotatable bonds is 3. The van der Waals surface area contributed by atoms with E-state index in [4.69, 9.17) is 0 Å². The van der Waals surface area contributed by atoms with Gasteiger partial charge in [0.05, 0.1) is 18.3 Å². The third-order valence-electron chi connectivity index (χ3n) is 2.92. The van der Waals surface area contributed by atoms with Gasteiger partial charge in [-0.1, -0.05) is 11.3 Å². The lowest BCUT2D eigenvalue weighted by Crippen LogP contribution is -2.22. The van der Waals surface area contributed by atoms with Gasteiger partial charge in [0.25, 0.3) is 0 Å². The standard InChI is InChI=1S/C15H22N4/c1-11-6-12(2)8-13(7-11)16-9-14-10-19(18-17-14)15(3,4)5/h6-8,10,16H,9H2,1-5H3. The van der Waals surface area contributed by atoms with Gasteiger partial charge < -0.3 is 5.32 Å². The second-order valence-electron chi connectivity index (χ2n) is 6.06. The fourth-order valence-corrected chi connectivity index (χ4v) is 1.98. The van der Waals surface area contributed by atoms with Crippen molar-refractivity contribution in [2.45, 2.75) is 46.7 Å². The van der Waals surface area contributed by atoms with Crippen LogP contribution in [-0.4, -0.2) is 15.0 Å². The molecular formula is C15H22N4. The van der Waals surface area contributed by atoms with Crippen molar-refractivity contribution in [3.8, 4) is 0 Å². The van der Waals surface area contributed by atoms with Crippen molar-refractivity contribution in [1.82, 2.24) is 15.0 Å². The van der Waals surface area contributed by atoms with Crippen LogP contribution in [0, 0.1) is 13.8 Å². The van der Waals surface area contributed by atoms with Crippen LogP contribution in [0.2, 0.25) is 0 Å². The van der Waals surface area contributed by atoms with Crippen molar-refractivity contribution in [2.75, 3.05) is 5.32 Å². The van der Waals surface area contributed by atoms with E-state index < -0.39 is 0 Å². The number of anilines is 1. The maximum Gasteiger partial charge on any atom is 0.102 e. The van der Waals surface area contributed by atoms with Gasteiger partial charge in [-0.15, -0.1) is 5.10 Å². The average Bonchev–Trinajstić information content (AvgIpc) is 2.73. The Morgan fingerprint density at radius 1 is 1.11 bits per heavy atom. The van der Waals surface area contributed by atoms with Crippen LogP contribution in [0.15, 0.2) is 24.4 Å². The van der Waals surface area contributed by atoms with E-state index in [1.165, 1.54) is 11.1 Å². The van der Waals surface area contributed by atoms with Crippen LogP contribution >= 0.6 is 0 Å². The molecule has 0 amide bonds. The third-order valence-corrected chi connectivity index (χ3v) is 2.92. The fourth-order valence-electron chi connectivity index (χ4n) is 1.98. The van der Waals surface area contributed by atoms with Crippen molar-refractivity contribution in [3.05, 3.63) is 41.2 Å². The lowest BCUT2D eigenvalue weighted by atomic mass is 10.1. The predicted molar refractivity (Wildman–Crippen MR) is 78.3 cm³/mol. The van der Waals surface area contributed by atoms with E-state index in [1.54, 1.807) is 0 Å². The lowest BCUT2D eigenvalue weighted by Gasteiger charge is -2.17. The highest BCUT2D eigenvalue weighted by atomic mass is 15.4. The Labute approximate surface area is 114 Å². The molecule has 0 aliphatic rings. The summed E-state index contributed by atoms with van der Waals surface area (Å²) in [5.74, 6) is 0. The summed E-state index contributed by atoms with van der Waals surface area (Å²) in [7, 11) is 0. The minimum Gasteiger partial charge on any atom is -0.379 e. The Balaban J connectivity index is 2.04. The Morgan fingerprint density at radius 2 is 1.74 bits per heavy atom. The van der Waals surface area contributed by atoms with Gasteiger partial charge in [0.15, 0.2) is 0 Å². The van der Waals surface area contributed by atoms with Crippen molar-refractivity contribution in [1.29, 1.82) is 0 Å². The first-order valence-corrected chi connectivity index (χ1v) is 6.58. The molecule has 0 spiro atoms. The maximum absolute atomic E-state index is 4.19. The number of aromatic nitrogens is 3. The van der Waals surface area contributed by atoms with E-state index in [2.05, 4.69) is 68.4 Å². The molecule has 1 aromatic carbocycles. The zero-order valence-corrected chi connectivity index (χ0v) is 12.4. The number of benzene rings is 1. The zero-order valence-electron chi connectivity index (χ0n) is 12.4. The van der Waals surface area contributed by atoms with Gasteiger partial charge in [-0.2, -0.15) is 0 Å². The normalized spacial score (nSPS) is 11.6. The Bertz CT molecular complexity index is 544. The summed E-state index contributed by atoms with van der Waals surface area (Å²) >= 11 is 0. The smallest absolute Gasteiger partial charge is 0.102 e. The molecule has 4 nitrogen and oxygen atoms in total. The largest absolute Gasteiger partial charge is 0.379 e. The van der Waals surface area contributed by atoms with Crippen molar-refractivity contribution in [3.63, 3.8) is 0 Å². The highest BCUT2D eigenvalue weighted by molar-refractivity contribution is 5.48. The van der Waals surface area contributed by atoms with Gasteiger partial charge in [-0.05, 0) is 57.9 Å². The summed E-state index contributed by atoms with van der Waals surface area (Å²) in [6.07, 6.45) is 2.00. The van der Waals surface area contributed by atoms with Gasteiger partial charge >= 0.3 is 0 Å². The quantitative estimate of drug-likeness (QED) is 0.919. The van der Waals surface area contributed by atoms with Crippen LogP contribution in [0.1, 0.15) is 37.6 Å². The van der Waals surface area contributed by atoms with Crippen molar-refractivity contribution in [2.24, 2.45) is 0 Å². The molecule has 0 radical (unpaired) electrons. The molecule has 0 aliphatic heterocycles. The second kappa shape index (κ2) is 5.03. The van der Waals surface area contributed by atoms with Crippen LogP contribution in [0.3, 0.4) is 0 Å². The summed E-state index contributed by atoms with van der Waals surface area (Å²) in [4.78, 5) is 0. The highest BCUT2D eigenvalue weighted by Crippen LogP contribution is 2.15. The average molecular weight is 258 g/mol. The Morgan fingerprint density at radius 3 is 2.26 bits per heavy atom. The topological polar surface area (TPSA) is 42.7 Å². The van der Waals surface area contributed by atoms with Gasteiger partial charge in [0.1, 0.15) is 5.69 Å². The summed E-state index contributed by atoms with van der Waals surface area (Å²) in [6, 6.07) is 6.45. The summed E-state index contributed by atoms with van der Waals surface area (Å²) < 4.78 is 1.89. The molecule has 0 saturated carbocycles. The van der Waals surface area contributed by atoms with Crippen LogP contribution in [0.25, 0.3) is 0 Å². The molecule has 2 aromatic rings. The number of nitrogens with one attached hydrogen (secondary N) is 1. The molecule has 1 N–H and O–H groups in total. The molecular weight excluding hydrogens is 236 g/mol. The number of nitrogens with zero attached hydrogens (tertiary/aromatic N) is 3. The molecule has 0 fully saturated rings. The summed E-state index contributed by atoms with van der Waals surface area (Å²) in [5.41, 5.74) is 4.59. The molecule has 0 atom stereocenters. The number of hydrogen-bond donors (Lipinski definition) is 1. The van der Waals surface area contributed by atoms with Gasteiger partial charge in [-0.3, -0.25) is 0 Å². The molecule has 0 aliphatic carbocycles. The molecule has 0 bridgehead atoms. The number of hydrogen-bond acceptors (Lipinski definition) is 3. The molecule has 2 rings (SSSR count).